The third kappa shape index (κ3) is 5.47. The highest BCUT2D eigenvalue weighted by molar-refractivity contribution is 5.29. The molecule has 30 heavy (non-hydrogen) atoms. The number of hydrogen-bond acceptors (Lipinski definition) is 0. The Balaban J connectivity index is 1.61. The summed E-state index contributed by atoms with van der Waals surface area (Å²) in [5.74, 6) is -4.68. The van der Waals surface area contributed by atoms with Crippen molar-refractivity contribution in [1.82, 2.24) is 0 Å². The quantitative estimate of drug-likeness (QED) is 0.276. The summed E-state index contributed by atoms with van der Waals surface area (Å²) in [6, 6.07) is 11.9. The highest BCUT2D eigenvalue weighted by Gasteiger charge is 2.12. The Morgan fingerprint density at radius 3 is 1.40 bits per heavy atom. The molecule has 0 fully saturated rings. The van der Waals surface area contributed by atoms with E-state index in [1.165, 1.54) is 6.07 Å². The first-order chi connectivity index (χ1) is 14.4. The number of benzene rings is 3. The van der Waals surface area contributed by atoms with Crippen molar-refractivity contribution in [1.29, 1.82) is 0 Å². The van der Waals surface area contributed by atoms with Crippen LogP contribution >= 0.6 is 0 Å². The molecule has 0 aromatic heterocycles. The molecule has 0 aliphatic heterocycles. The molecule has 0 N–H and O–H groups in total. The van der Waals surface area contributed by atoms with Crippen LogP contribution in [0.1, 0.15) is 41.2 Å². The van der Waals surface area contributed by atoms with Gasteiger partial charge in [-0.1, -0.05) is 37.6 Å². The molecule has 3 aromatic rings. The Morgan fingerprint density at radius 2 is 0.933 bits per heavy atom. The van der Waals surface area contributed by atoms with Crippen molar-refractivity contribution < 1.29 is 22.0 Å². The van der Waals surface area contributed by atoms with E-state index in [4.69, 9.17) is 0 Å². The number of rotatable bonds is 8. The van der Waals surface area contributed by atoms with Crippen molar-refractivity contribution in [3.63, 3.8) is 0 Å². The largest absolute Gasteiger partial charge is 0.207 e. The lowest BCUT2D eigenvalue weighted by atomic mass is 9.98. The van der Waals surface area contributed by atoms with Gasteiger partial charge in [-0.3, -0.25) is 0 Å². The SMILES string of the molecule is CCCc1ccc(CCc2ccc(CCc3cc(F)c(F)c(F)c3)c(F)c2)c(F)c1. The van der Waals surface area contributed by atoms with E-state index in [2.05, 4.69) is 0 Å². The lowest BCUT2D eigenvalue weighted by Crippen LogP contribution is -2.01. The van der Waals surface area contributed by atoms with Crippen LogP contribution in [0.25, 0.3) is 0 Å². The molecule has 0 aliphatic carbocycles. The van der Waals surface area contributed by atoms with Gasteiger partial charge in [0, 0.05) is 0 Å². The Bertz CT molecular complexity index is 1000. The highest BCUT2D eigenvalue weighted by atomic mass is 19.2. The zero-order valence-corrected chi connectivity index (χ0v) is 16.8. The zero-order chi connectivity index (χ0) is 21.7. The van der Waals surface area contributed by atoms with Crippen LogP contribution in [0.4, 0.5) is 22.0 Å². The van der Waals surface area contributed by atoms with Crippen LogP contribution in [0.15, 0.2) is 48.5 Å². The average Bonchev–Trinajstić information content (AvgIpc) is 2.71. The summed E-state index contributed by atoms with van der Waals surface area (Å²) in [7, 11) is 0. The number of hydrogen-bond donors (Lipinski definition) is 0. The lowest BCUT2D eigenvalue weighted by Gasteiger charge is -2.09. The van der Waals surface area contributed by atoms with Crippen molar-refractivity contribution in [3.05, 3.63) is 105 Å². The summed E-state index contributed by atoms with van der Waals surface area (Å²) in [6.07, 6.45) is 3.15. The second-order valence-corrected chi connectivity index (χ2v) is 7.47. The molecule has 0 heterocycles. The average molecular weight is 418 g/mol. The fourth-order valence-electron chi connectivity index (χ4n) is 3.50. The van der Waals surface area contributed by atoms with Crippen LogP contribution in [0.3, 0.4) is 0 Å². The van der Waals surface area contributed by atoms with Crippen molar-refractivity contribution in [2.75, 3.05) is 0 Å². The molecular weight excluding hydrogens is 395 g/mol. The molecule has 3 aromatic carbocycles. The summed E-state index contributed by atoms with van der Waals surface area (Å²) in [5.41, 5.74) is 2.97. The lowest BCUT2D eigenvalue weighted by molar-refractivity contribution is 0.445. The van der Waals surface area contributed by atoms with E-state index >= 15 is 0 Å². The summed E-state index contributed by atoms with van der Waals surface area (Å²) < 4.78 is 68.3. The van der Waals surface area contributed by atoms with Crippen LogP contribution in [-0.4, -0.2) is 0 Å². The minimum atomic E-state index is -1.51. The first kappa shape index (κ1) is 22.0. The molecule has 0 spiro atoms. The molecule has 0 unspecified atom stereocenters. The Hall–Kier alpha value is -2.69. The second kappa shape index (κ2) is 9.88. The van der Waals surface area contributed by atoms with Crippen LogP contribution in [-0.2, 0) is 32.1 Å². The van der Waals surface area contributed by atoms with Crippen LogP contribution in [0.5, 0.6) is 0 Å². The predicted molar refractivity (Wildman–Crippen MR) is 108 cm³/mol. The molecule has 0 bridgehead atoms. The summed E-state index contributed by atoms with van der Waals surface area (Å²) in [4.78, 5) is 0. The molecule has 0 atom stereocenters. The van der Waals surface area contributed by atoms with Crippen molar-refractivity contribution in [3.8, 4) is 0 Å². The van der Waals surface area contributed by atoms with Gasteiger partial charge in [0.25, 0.3) is 0 Å². The maximum absolute atomic E-state index is 14.4. The number of halogens is 5. The monoisotopic (exact) mass is 418 g/mol. The van der Waals surface area contributed by atoms with Crippen molar-refractivity contribution in [2.24, 2.45) is 0 Å². The minimum Gasteiger partial charge on any atom is -0.207 e. The molecule has 3 rings (SSSR count). The van der Waals surface area contributed by atoms with Gasteiger partial charge in [0.15, 0.2) is 17.5 Å². The molecule has 0 nitrogen and oxygen atoms in total. The molecule has 0 saturated heterocycles. The van der Waals surface area contributed by atoms with Gasteiger partial charge in [-0.15, -0.1) is 0 Å². The van der Waals surface area contributed by atoms with E-state index in [0.717, 1.165) is 36.1 Å². The maximum Gasteiger partial charge on any atom is 0.194 e. The molecule has 158 valence electrons. The van der Waals surface area contributed by atoms with Crippen molar-refractivity contribution in [2.45, 2.75) is 45.4 Å². The predicted octanol–water partition coefficient (Wildman–Crippen LogP) is 6.91. The van der Waals surface area contributed by atoms with Crippen LogP contribution in [0.2, 0.25) is 0 Å². The fraction of sp³-hybridized carbons (Fsp3) is 0.280. The van der Waals surface area contributed by atoms with E-state index in [1.54, 1.807) is 24.3 Å². The topological polar surface area (TPSA) is 0 Å². The zero-order valence-electron chi connectivity index (χ0n) is 16.8. The Kier molecular flexibility index (Phi) is 7.24. The first-order valence-electron chi connectivity index (χ1n) is 10.1. The third-order valence-corrected chi connectivity index (χ3v) is 5.18. The third-order valence-electron chi connectivity index (χ3n) is 5.18. The van der Waals surface area contributed by atoms with Gasteiger partial charge in [-0.25, -0.2) is 22.0 Å². The highest BCUT2D eigenvalue weighted by Crippen LogP contribution is 2.19. The molecular formula is C25H23F5. The molecule has 0 saturated carbocycles. The van der Waals surface area contributed by atoms with Gasteiger partial charge in [-0.05, 0) is 84.2 Å². The van der Waals surface area contributed by atoms with E-state index < -0.39 is 23.3 Å². The van der Waals surface area contributed by atoms with E-state index in [1.807, 2.05) is 13.0 Å². The van der Waals surface area contributed by atoms with Gasteiger partial charge in [0.2, 0.25) is 0 Å². The van der Waals surface area contributed by atoms with E-state index in [0.29, 0.717) is 24.0 Å². The van der Waals surface area contributed by atoms with Gasteiger partial charge in [0.05, 0.1) is 0 Å². The van der Waals surface area contributed by atoms with Gasteiger partial charge >= 0.3 is 0 Å². The summed E-state index contributed by atoms with van der Waals surface area (Å²) >= 11 is 0. The Morgan fingerprint density at radius 1 is 0.500 bits per heavy atom. The van der Waals surface area contributed by atoms with E-state index in [-0.39, 0.29) is 24.2 Å². The minimum absolute atomic E-state index is 0.180. The van der Waals surface area contributed by atoms with Crippen LogP contribution < -0.4 is 0 Å². The van der Waals surface area contributed by atoms with E-state index in [9.17, 15) is 22.0 Å². The molecule has 0 aliphatic rings. The van der Waals surface area contributed by atoms with Crippen molar-refractivity contribution >= 4 is 0 Å². The maximum atomic E-state index is 14.4. The van der Waals surface area contributed by atoms with Crippen LogP contribution in [0, 0.1) is 29.1 Å². The summed E-state index contributed by atoms with van der Waals surface area (Å²) in [6.45, 7) is 2.04. The molecule has 0 radical (unpaired) electrons. The second-order valence-electron chi connectivity index (χ2n) is 7.47. The smallest absolute Gasteiger partial charge is 0.194 e. The first-order valence-corrected chi connectivity index (χ1v) is 10.1. The summed E-state index contributed by atoms with van der Waals surface area (Å²) in [5, 5.41) is 0. The molecule has 0 amide bonds. The van der Waals surface area contributed by atoms with Gasteiger partial charge < -0.3 is 0 Å². The standard InChI is InChI=1S/C25H23F5/c1-2-3-16-4-8-19(21(26)12-16)9-5-17-6-10-20(22(27)13-17)11-7-18-14-23(28)25(30)24(29)15-18/h4,6,8,10,12-15H,2-3,5,7,9,11H2,1H3. The molecule has 5 heteroatoms. The van der Waals surface area contributed by atoms with Gasteiger partial charge in [-0.2, -0.15) is 0 Å². The normalized spacial score (nSPS) is 11.1. The Labute approximate surface area is 173 Å². The number of aryl methyl sites for hydroxylation is 5. The van der Waals surface area contributed by atoms with Gasteiger partial charge in [0.1, 0.15) is 11.6 Å². The fourth-order valence-corrected chi connectivity index (χ4v) is 3.50.